The van der Waals surface area contributed by atoms with Crippen LogP contribution < -0.4 is 0 Å². The largest absolute Gasteiger partial charge is 0.432 e. The number of carbonyl (C=O) groups excluding carboxylic acids is 1. The molecule has 1 saturated heterocycles. The number of aromatic amines is 1. The fourth-order valence-electron chi connectivity index (χ4n) is 3.03. The minimum atomic E-state index is -4.47. The molecule has 8 heteroatoms. The fourth-order valence-corrected chi connectivity index (χ4v) is 3.03. The van der Waals surface area contributed by atoms with Crippen LogP contribution in [0.25, 0.3) is 0 Å². The minimum Gasteiger partial charge on any atom is -0.342 e. The summed E-state index contributed by atoms with van der Waals surface area (Å²) in [6.07, 6.45) is -2.45. The number of hydrogen-bond donors (Lipinski definition) is 1. The molecule has 1 N–H and O–H groups in total. The van der Waals surface area contributed by atoms with Gasteiger partial charge in [0.05, 0.1) is 12.6 Å². The highest BCUT2D eigenvalue weighted by atomic mass is 19.4. The van der Waals surface area contributed by atoms with E-state index in [4.69, 9.17) is 0 Å². The molecule has 1 amide bonds. The summed E-state index contributed by atoms with van der Waals surface area (Å²) in [5.41, 5.74) is -0.579. The fraction of sp³-hybridized carbons (Fsp3) is 0.412. The topological polar surface area (TPSA) is 49.0 Å². The summed E-state index contributed by atoms with van der Waals surface area (Å²) >= 11 is 0. The number of likely N-dealkylation sites (tertiary alicyclic amines) is 1. The smallest absolute Gasteiger partial charge is 0.342 e. The van der Waals surface area contributed by atoms with Gasteiger partial charge in [-0.05, 0) is 24.5 Å². The van der Waals surface area contributed by atoms with Gasteiger partial charge in [0.25, 0.3) is 0 Å². The number of aromatic nitrogens is 2. The SMILES string of the molecule is O=C(Cc1ccccc1F)N1CCC[C@H](c2ncc(C(F)(F)F)[nH]2)C1. The van der Waals surface area contributed by atoms with Crippen molar-refractivity contribution in [1.29, 1.82) is 0 Å². The molecule has 0 unspecified atom stereocenters. The number of benzene rings is 1. The average molecular weight is 355 g/mol. The Morgan fingerprint density at radius 3 is 2.76 bits per heavy atom. The summed E-state index contributed by atoms with van der Waals surface area (Å²) in [7, 11) is 0. The standard InChI is InChI=1S/C17H17F4N3O/c18-13-6-2-1-4-11(13)8-15(25)24-7-3-5-12(10-24)16-22-9-14(23-16)17(19,20)21/h1-2,4,6,9,12H,3,5,7-8,10H2,(H,22,23)/t12-/m0/s1. The molecule has 0 spiro atoms. The molecule has 3 rings (SSSR count). The molecule has 1 aromatic carbocycles. The molecule has 0 saturated carbocycles. The van der Waals surface area contributed by atoms with Crippen molar-refractivity contribution < 1.29 is 22.4 Å². The van der Waals surface area contributed by atoms with Crippen molar-refractivity contribution in [2.75, 3.05) is 13.1 Å². The van der Waals surface area contributed by atoms with Gasteiger partial charge in [0, 0.05) is 19.0 Å². The number of halogens is 4. The van der Waals surface area contributed by atoms with Crippen LogP contribution >= 0.6 is 0 Å². The number of amides is 1. The van der Waals surface area contributed by atoms with Crippen molar-refractivity contribution in [2.24, 2.45) is 0 Å². The zero-order chi connectivity index (χ0) is 18.0. The van der Waals surface area contributed by atoms with Gasteiger partial charge in [-0.3, -0.25) is 4.79 Å². The Hall–Kier alpha value is -2.38. The van der Waals surface area contributed by atoms with E-state index in [0.717, 1.165) is 6.20 Å². The molecule has 1 aliphatic rings. The number of H-pyrrole nitrogens is 1. The zero-order valence-corrected chi connectivity index (χ0v) is 13.3. The summed E-state index contributed by atoms with van der Waals surface area (Å²) in [6, 6.07) is 6.06. The monoisotopic (exact) mass is 355 g/mol. The highest BCUT2D eigenvalue weighted by Gasteiger charge is 2.34. The number of hydrogen-bond acceptors (Lipinski definition) is 2. The lowest BCUT2D eigenvalue weighted by atomic mass is 9.96. The first kappa shape index (κ1) is 17.4. The first-order valence-electron chi connectivity index (χ1n) is 7.98. The molecule has 0 aliphatic carbocycles. The predicted molar refractivity (Wildman–Crippen MR) is 82.2 cm³/mol. The molecule has 1 aliphatic heterocycles. The highest BCUT2D eigenvalue weighted by molar-refractivity contribution is 5.79. The van der Waals surface area contributed by atoms with Gasteiger partial charge in [0.15, 0.2) is 0 Å². The minimum absolute atomic E-state index is 0.0641. The van der Waals surface area contributed by atoms with Crippen LogP contribution in [-0.4, -0.2) is 33.9 Å². The normalized spacial score (nSPS) is 18.4. The molecule has 0 radical (unpaired) electrons. The van der Waals surface area contributed by atoms with Crippen LogP contribution in [0.1, 0.15) is 35.8 Å². The van der Waals surface area contributed by atoms with Crippen molar-refractivity contribution in [3.05, 3.63) is 53.4 Å². The quantitative estimate of drug-likeness (QED) is 0.857. The Balaban J connectivity index is 1.67. The van der Waals surface area contributed by atoms with Gasteiger partial charge < -0.3 is 9.88 Å². The zero-order valence-electron chi connectivity index (χ0n) is 13.3. The third-order valence-corrected chi connectivity index (χ3v) is 4.36. The number of alkyl halides is 3. The lowest BCUT2D eigenvalue weighted by molar-refractivity contribution is -0.141. The summed E-state index contributed by atoms with van der Waals surface area (Å²) in [5.74, 6) is -0.729. The van der Waals surface area contributed by atoms with Gasteiger partial charge in [0.1, 0.15) is 17.3 Å². The van der Waals surface area contributed by atoms with E-state index in [-0.39, 0.29) is 30.6 Å². The molecule has 1 atom stereocenters. The molecule has 2 heterocycles. The Kier molecular flexibility index (Phi) is 4.78. The van der Waals surface area contributed by atoms with Crippen molar-refractivity contribution in [1.82, 2.24) is 14.9 Å². The second-order valence-electron chi connectivity index (χ2n) is 6.13. The van der Waals surface area contributed by atoms with Crippen molar-refractivity contribution >= 4 is 5.91 Å². The van der Waals surface area contributed by atoms with E-state index >= 15 is 0 Å². The summed E-state index contributed by atoms with van der Waals surface area (Å²) < 4.78 is 51.7. The number of carbonyl (C=O) groups is 1. The summed E-state index contributed by atoms with van der Waals surface area (Å²) in [6.45, 7) is 0.786. The first-order valence-corrected chi connectivity index (χ1v) is 7.98. The Labute approximate surface area is 141 Å². The van der Waals surface area contributed by atoms with E-state index in [1.54, 1.807) is 23.1 Å². The Morgan fingerprint density at radius 1 is 1.32 bits per heavy atom. The molecular weight excluding hydrogens is 338 g/mol. The summed E-state index contributed by atoms with van der Waals surface area (Å²) in [4.78, 5) is 20.1. The van der Waals surface area contributed by atoms with Gasteiger partial charge in [-0.15, -0.1) is 0 Å². The maximum atomic E-state index is 13.7. The Bertz CT molecular complexity index is 756. The van der Waals surface area contributed by atoms with Crippen molar-refractivity contribution in [3.8, 4) is 0 Å². The van der Waals surface area contributed by atoms with Crippen LogP contribution in [0.3, 0.4) is 0 Å². The number of piperidine rings is 1. The number of nitrogens with zero attached hydrogens (tertiary/aromatic N) is 2. The second kappa shape index (κ2) is 6.85. The van der Waals surface area contributed by atoms with Crippen LogP contribution in [0.15, 0.2) is 30.5 Å². The molecule has 1 fully saturated rings. The lowest BCUT2D eigenvalue weighted by Crippen LogP contribution is -2.40. The third-order valence-electron chi connectivity index (χ3n) is 4.36. The molecule has 1 aromatic heterocycles. The van der Waals surface area contributed by atoms with Gasteiger partial charge in [-0.25, -0.2) is 9.37 Å². The van der Waals surface area contributed by atoms with E-state index in [0.29, 0.717) is 24.9 Å². The van der Waals surface area contributed by atoms with E-state index in [9.17, 15) is 22.4 Å². The highest BCUT2D eigenvalue weighted by Crippen LogP contribution is 2.31. The van der Waals surface area contributed by atoms with E-state index in [1.165, 1.54) is 6.07 Å². The van der Waals surface area contributed by atoms with Crippen LogP contribution in [0, 0.1) is 5.82 Å². The van der Waals surface area contributed by atoms with Crippen molar-refractivity contribution in [3.63, 3.8) is 0 Å². The first-order chi connectivity index (χ1) is 11.8. The number of nitrogens with one attached hydrogen (secondary N) is 1. The maximum absolute atomic E-state index is 13.7. The van der Waals surface area contributed by atoms with Crippen LogP contribution in [0.5, 0.6) is 0 Å². The Morgan fingerprint density at radius 2 is 2.08 bits per heavy atom. The second-order valence-corrected chi connectivity index (χ2v) is 6.13. The van der Waals surface area contributed by atoms with E-state index < -0.39 is 17.7 Å². The van der Waals surface area contributed by atoms with Gasteiger partial charge in [-0.1, -0.05) is 18.2 Å². The molecule has 25 heavy (non-hydrogen) atoms. The molecule has 4 nitrogen and oxygen atoms in total. The maximum Gasteiger partial charge on any atom is 0.432 e. The van der Waals surface area contributed by atoms with E-state index in [1.807, 2.05) is 0 Å². The van der Waals surface area contributed by atoms with Crippen molar-refractivity contribution in [2.45, 2.75) is 31.4 Å². The molecular formula is C17H17F4N3O. The van der Waals surface area contributed by atoms with Gasteiger partial charge in [-0.2, -0.15) is 13.2 Å². The number of rotatable bonds is 3. The average Bonchev–Trinajstić information content (AvgIpc) is 3.07. The molecule has 134 valence electrons. The van der Waals surface area contributed by atoms with Crippen LogP contribution in [-0.2, 0) is 17.4 Å². The van der Waals surface area contributed by atoms with Gasteiger partial charge >= 0.3 is 6.18 Å². The van der Waals surface area contributed by atoms with Gasteiger partial charge in [0.2, 0.25) is 5.91 Å². The summed E-state index contributed by atoms with van der Waals surface area (Å²) in [5, 5.41) is 0. The molecule has 2 aromatic rings. The van der Waals surface area contributed by atoms with Crippen LogP contribution in [0.2, 0.25) is 0 Å². The number of imidazole rings is 1. The molecule has 0 bridgehead atoms. The predicted octanol–water partition coefficient (Wildman–Crippen LogP) is 3.52. The van der Waals surface area contributed by atoms with Crippen LogP contribution in [0.4, 0.5) is 17.6 Å². The lowest BCUT2D eigenvalue weighted by Gasteiger charge is -2.32. The van der Waals surface area contributed by atoms with E-state index in [2.05, 4.69) is 9.97 Å². The third kappa shape index (κ3) is 4.00.